The first-order chi connectivity index (χ1) is 10.1. The third-order valence-electron chi connectivity index (χ3n) is 3.89. The predicted molar refractivity (Wildman–Crippen MR) is 80.3 cm³/mol. The van der Waals surface area contributed by atoms with Crippen LogP contribution in [0.4, 0.5) is 11.4 Å². The van der Waals surface area contributed by atoms with Crippen LogP contribution >= 0.6 is 0 Å². The van der Waals surface area contributed by atoms with Crippen molar-refractivity contribution in [1.82, 2.24) is 0 Å². The van der Waals surface area contributed by atoms with Crippen molar-refractivity contribution >= 4 is 11.4 Å². The molecular formula is C16H16N2O3. The summed E-state index contributed by atoms with van der Waals surface area (Å²) in [4.78, 5) is 12.6. The van der Waals surface area contributed by atoms with Crippen LogP contribution in [-0.2, 0) is 6.42 Å². The number of nitrogens with zero attached hydrogens (tertiary/aromatic N) is 2. The Morgan fingerprint density at radius 1 is 1.29 bits per heavy atom. The summed E-state index contributed by atoms with van der Waals surface area (Å²) < 4.78 is 0. The van der Waals surface area contributed by atoms with Gasteiger partial charge in [0.1, 0.15) is 5.69 Å². The van der Waals surface area contributed by atoms with Crippen LogP contribution < -0.4 is 4.90 Å². The second-order valence-electron chi connectivity index (χ2n) is 5.27. The van der Waals surface area contributed by atoms with Gasteiger partial charge in [0.05, 0.1) is 4.92 Å². The van der Waals surface area contributed by atoms with E-state index in [2.05, 4.69) is 0 Å². The Morgan fingerprint density at radius 2 is 2.05 bits per heavy atom. The molecule has 1 aliphatic heterocycles. The highest BCUT2D eigenvalue weighted by Gasteiger charge is 2.29. The molecule has 0 radical (unpaired) electrons. The standard InChI is InChI=1S/C16H16N2O3/c1-11-6-7-14(15(10-11)18(20)21)17-9-8-12-4-2-3-5-13(12)16(17)19/h2-7,10,16,19H,8-9H2,1H3. The van der Waals surface area contributed by atoms with Crippen LogP contribution in [0.1, 0.15) is 22.9 Å². The number of nitro groups is 1. The van der Waals surface area contributed by atoms with Crippen LogP contribution in [-0.4, -0.2) is 16.6 Å². The predicted octanol–water partition coefficient (Wildman–Crippen LogP) is 2.96. The molecule has 1 heterocycles. The van der Waals surface area contributed by atoms with Crippen molar-refractivity contribution < 1.29 is 10.0 Å². The molecule has 21 heavy (non-hydrogen) atoms. The van der Waals surface area contributed by atoms with Crippen LogP contribution in [0.25, 0.3) is 0 Å². The first-order valence-electron chi connectivity index (χ1n) is 6.85. The Balaban J connectivity index is 2.05. The second-order valence-corrected chi connectivity index (χ2v) is 5.27. The van der Waals surface area contributed by atoms with Crippen molar-refractivity contribution in [3.05, 3.63) is 69.3 Å². The van der Waals surface area contributed by atoms with Gasteiger partial charge in [0.15, 0.2) is 6.23 Å². The maximum Gasteiger partial charge on any atom is 0.292 e. The molecule has 0 fully saturated rings. The lowest BCUT2D eigenvalue weighted by molar-refractivity contribution is -0.384. The first kappa shape index (κ1) is 13.6. The highest BCUT2D eigenvalue weighted by Crippen LogP contribution is 2.37. The molecule has 0 saturated carbocycles. The summed E-state index contributed by atoms with van der Waals surface area (Å²) >= 11 is 0. The lowest BCUT2D eigenvalue weighted by Crippen LogP contribution is -2.35. The quantitative estimate of drug-likeness (QED) is 0.680. The van der Waals surface area contributed by atoms with Gasteiger partial charge < -0.3 is 10.0 Å². The zero-order chi connectivity index (χ0) is 15.0. The molecule has 1 N–H and O–H groups in total. The molecular weight excluding hydrogens is 268 g/mol. The van der Waals surface area contributed by atoms with E-state index >= 15 is 0 Å². The van der Waals surface area contributed by atoms with E-state index in [4.69, 9.17) is 0 Å². The van der Waals surface area contributed by atoms with Crippen LogP contribution in [0, 0.1) is 17.0 Å². The van der Waals surface area contributed by atoms with Gasteiger partial charge in [0.2, 0.25) is 0 Å². The van der Waals surface area contributed by atoms with E-state index in [9.17, 15) is 15.2 Å². The van der Waals surface area contributed by atoms with Crippen LogP contribution in [0.15, 0.2) is 42.5 Å². The van der Waals surface area contributed by atoms with E-state index < -0.39 is 11.2 Å². The van der Waals surface area contributed by atoms with Crippen LogP contribution in [0.5, 0.6) is 0 Å². The Labute approximate surface area is 122 Å². The first-order valence-corrected chi connectivity index (χ1v) is 6.85. The van der Waals surface area contributed by atoms with Gasteiger partial charge in [-0.15, -0.1) is 0 Å². The minimum Gasteiger partial charge on any atom is -0.369 e. The number of hydrogen-bond acceptors (Lipinski definition) is 4. The van der Waals surface area contributed by atoms with Crippen molar-refractivity contribution in [3.8, 4) is 0 Å². The molecule has 0 spiro atoms. The van der Waals surface area contributed by atoms with Gasteiger partial charge in [-0.05, 0) is 30.5 Å². The van der Waals surface area contributed by atoms with Crippen molar-refractivity contribution in [2.75, 3.05) is 11.4 Å². The number of fused-ring (bicyclic) bond motifs is 1. The highest BCUT2D eigenvalue weighted by atomic mass is 16.6. The Kier molecular flexibility index (Phi) is 3.35. The number of anilines is 1. The normalized spacial score (nSPS) is 17.4. The summed E-state index contributed by atoms with van der Waals surface area (Å²) in [7, 11) is 0. The van der Waals surface area contributed by atoms with Gasteiger partial charge in [-0.25, -0.2) is 0 Å². The molecule has 0 bridgehead atoms. The zero-order valence-electron chi connectivity index (χ0n) is 11.7. The van der Waals surface area contributed by atoms with Gasteiger partial charge in [-0.1, -0.05) is 30.3 Å². The molecule has 1 unspecified atom stereocenters. The third kappa shape index (κ3) is 2.36. The molecule has 5 heteroatoms. The maximum absolute atomic E-state index is 11.3. The SMILES string of the molecule is Cc1ccc(N2CCc3ccccc3C2O)c([N+](=O)[O-])c1. The second kappa shape index (κ2) is 5.18. The summed E-state index contributed by atoms with van der Waals surface area (Å²) in [6.45, 7) is 2.38. The number of aryl methyl sites for hydroxylation is 1. The molecule has 108 valence electrons. The summed E-state index contributed by atoms with van der Waals surface area (Å²) in [6.07, 6.45) is -0.0884. The van der Waals surface area contributed by atoms with Crippen LogP contribution in [0.3, 0.4) is 0 Å². The van der Waals surface area contributed by atoms with Gasteiger partial charge in [-0.3, -0.25) is 10.1 Å². The van der Waals surface area contributed by atoms with Crippen molar-refractivity contribution in [3.63, 3.8) is 0 Å². The Bertz CT molecular complexity index is 700. The molecule has 0 aliphatic carbocycles. The van der Waals surface area contributed by atoms with E-state index in [1.54, 1.807) is 17.0 Å². The number of benzene rings is 2. The fraction of sp³-hybridized carbons (Fsp3) is 0.250. The van der Waals surface area contributed by atoms with Crippen LogP contribution in [0.2, 0.25) is 0 Å². The van der Waals surface area contributed by atoms with E-state index in [0.29, 0.717) is 12.2 Å². The fourth-order valence-electron chi connectivity index (χ4n) is 2.82. The molecule has 0 amide bonds. The molecule has 2 aromatic rings. The number of hydrogen-bond donors (Lipinski definition) is 1. The molecule has 0 aromatic heterocycles. The van der Waals surface area contributed by atoms with E-state index in [1.807, 2.05) is 37.3 Å². The van der Waals surface area contributed by atoms with E-state index in [0.717, 1.165) is 23.1 Å². The molecule has 1 aliphatic rings. The molecule has 5 nitrogen and oxygen atoms in total. The monoisotopic (exact) mass is 284 g/mol. The zero-order valence-corrected chi connectivity index (χ0v) is 11.7. The third-order valence-corrected chi connectivity index (χ3v) is 3.89. The number of rotatable bonds is 2. The van der Waals surface area contributed by atoms with Gasteiger partial charge in [0.25, 0.3) is 5.69 Å². The molecule has 0 saturated heterocycles. The topological polar surface area (TPSA) is 66.6 Å². The average Bonchev–Trinajstić information content (AvgIpc) is 2.48. The average molecular weight is 284 g/mol. The summed E-state index contributed by atoms with van der Waals surface area (Å²) in [6, 6.07) is 12.7. The summed E-state index contributed by atoms with van der Waals surface area (Å²) in [5, 5.41) is 21.8. The fourth-order valence-corrected chi connectivity index (χ4v) is 2.82. The lowest BCUT2D eigenvalue weighted by atomic mass is 9.97. The van der Waals surface area contributed by atoms with Crippen molar-refractivity contribution in [2.24, 2.45) is 0 Å². The van der Waals surface area contributed by atoms with Crippen molar-refractivity contribution in [1.29, 1.82) is 0 Å². The number of aliphatic hydroxyl groups excluding tert-OH is 1. The molecule has 1 atom stereocenters. The van der Waals surface area contributed by atoms with Gasteiger partial charge in [-0.2, -0.15) is 0 Å². The highest BCUT2D eigenvalue weighted by molar-refractivity contribution is 5.65. The Hall–Kier alpha value is -2.40. The van der Waals surface area contributed by atoms with E-state index in [-0.39, 0.29) is 5.69 Å². The lowest BCUT2D eigenvalue weighted by Gasteiger charge is -2.35. The maximum atomic E-state index is 11.3. The molecule has 2 aromatic carbocycles. The van der Waals surface area contributed by atoms with E-state index in [1.165, 1.54) is 0 Å². The van der Waals surface area contributed by atoms with Crippen molar-refractivity contribution in [2.45, 2.75) is 19.6 Å². The minimum atomic E-state index is -0.851. The number of nitro benzene ring substituents is 1. The smallest absolute Gasteiger partial charge is 0.292 e. The van der Waals surface area contributed by atoms with Gasteiger partial charge in [0, 0.05) is 18.2 Å². The summed E-state index contributed by atoms with van der Waals surface area (Å²) in [5.41, 5.74) is 3.24. The number of aliphatic hydroxyl groups is 1. The molecule has 3 rings (SSSR count). The minimum absolute atomic E-state index is 0.0356. The van der Waals surface area contributed by atoms with Gasteiger partial charge >= 0.3 is 0 Å². The summed E-state index contributed by atoms with van der Waals surface area (Å²) in [5.74, 6) is 0. The Morgan fingerprint density at radius 3 is 2.81 bits per heavy atom. The largest absolute Gasteiger partial charge is 0.369 e.